The van der Waals surface area contributed by atoms with Gasteiger partial charge in [0.15, 0.2) is 0 Å². The van der Waals surface area contributed by atoms with E-state index in [2.05, 4.69) is 37.9 Å². The van der Waals surface area contributed by atoms with Gasteiger partial charge in [-0.05, 0) is 32.4 Å². The van der Waals surface area contributed by atoms with Gasteiger partial charge < -0.3 is 10.1 Å². The first-order chi connectivity index (χ1) is 7.61. The van der Waals surface area contributed by atoms with Gasteiger partial charge in [-0.25, -0.2) is 0 Å². The molecule has 3 nitrogen and oxygen atoms in total. The van der Waals surface area contributed by atoms with Crippen LogP contribution in [-0.4, -0.2) is 50.8 Å². The van der Waals surface area contributed by atoms with Gasteiger partial charge >= 0.3 is 0 Å². The highest BCUT2D eigenvalue weighted by Gasteiger charge is 2.12. The molecule has 0 spiro atoms. The lowest BCUT2D eigenvalue weighted by Gasteiger charge is -2.29. The fraction of sp³-hybridized carbons (Fsp3) is 1.00. The molecule has 0 aromatic rings. The molecule has 98 valence electrons. The SMILES string of the molecule is CCN(CC(C)C)C(C)CNCCCOC. The number of hydrogen-bond acceptors (Lipinski definition) is 3. The van der Waals surface area contributed by atoms with E-state index in [1.165, 1.54) is 6.54 Å². The molecule has 0 bridgehead atoms. The summed E-state index contributed by atoms with van der Waals surface area (Å²) in [4.78, 5) is 2.54. The van der Waals surface area contributed by atoms with Crippen molar-refractivity contribution >= 4 is 0 Å². The first-order valence-corrected chi connectivity index (χ1v) is 6.55. The van der Waals surface area contributed by atoms with Crippen molar-refractivity contribution in [2.24, 2.45) is 5.92 Å². The molecule has 0 aliphatic heterocycles. The van der Waals surface area contributed by atoms with E-state index in [-0.39, 0.29) is 0 Å². The van der Waals surface area contributed by atoms with E-state index in [0.29, 0.717) is 6.04 Å². The maximum atomic E-state index is 5.02. The van der Waals surface area contributed by atoms with Crippen LogP contribution in [0.5, 0.6) is 0 Å². The fourth-order valence-electron chi connectivity index (χ4n) is 1.87. The van der Waals surface area contributed by atoms with Crippen molar-refractivity contribution < 1.29 is 4.74 Å². The van der Waals surface area contributed by atoms with Crippen molar-refractivity contribution in [3.05, 3.63) is 0 Å². The van der Waals surface area contributed by atoms with Gasteiger partial charge in [0.05, 0.1) is 0 Å². The minimum Gasteiger partial charge on any atom is -0.385 e. The van der Waals surface area contributed by atoms with Crippen molar-refractivity contribution in [2.45, 2.75) is 40.2 Å². The maximum absolute atomic E-state index is 5.02. The third-order valence-corrected chi connectivity index (χ3v) is 2.77. The van der Waals surface area contributed by atoms with Gasteiger partial charge in [-0.1, -0.05) is 20.8 Å². The van der Waals surface area contributed by atoms with E-state index in [1.54, 1.807) is 7.11 Å². The maximum Gasteiger partial charge on any atom is 0.0474 e. The predicted octanol–water partition coefficient (Wildman–Crippen LogP) is 1.98. The lowest BCUT2D eigenvalue weighted by molar-refractivity contribution is 0.182. The molecule has 0 rings (SSSR count). The summed E-state index contributed by atoms with van der Waals surface area (Å²) in [6.07, 6.45) is 1.10. The average Bonchev–Trinajstić information content (AvgIpc) is 2.25. The first-order valence-electron chi connectivity index (χ1n) is 6.55. The van der Waals surface area contributed by atoms with Gasteiger partial charge in [-0.2, -0.15) is 0 Å². The number of likely N-dealkylation sites (N-methyl/N-ethyl adjacent to an activating group) is 1. The highest BCUT2D eigenvalue weighted by Crippen LogP contribution is 2.03. The Hall–Kier alpha value is -0.120. The number of hydrogen-bond donors (Lipinski definition) is 1. The summed E-state index contributed by atoms with van der Waals surface area (Å²) in [6, 6.07) is 0.620. The van der Waals surface area contributed by atoms with E-state index >= 15 is 0 Å². The zero-order chi connectivity index (χ0) is 12.4. The van der Waals surface area contributed by atoms with Crippen molar-refractivity contribution in [2.75, 3.05) is 39.9 Å². The Kier molecular flexibility index (Phi) is 9.99. The third kappa shape index (κ3) is 8.08. The number of nitrogens with one attached hydrogen (secondary N) is 1. The van der Waals surface area contributed by atoms with E-state index in [1.807, 2.05) is 0 Å². The van der Waals surface area contributed by atoms with Gasteiger partial charge in [0.25, 0.3) is 0 Å². The zero-order valence-electron chi connectivity index (χ0n) is 11.8. The van der Waals surface area contributed by atoms with E-state index in [9.17, 15) is 0 Å². The molecule has 0 amide bonds. The number of methoxy groups -OCH3 is 1. The molecule has 0 saturated heterocycles. The highest BCUT2D eigenvalue weighted by atomic mass is 16.5. The molecule has 0 aromatic heterocycles. The van der Waals surface area contributed by atoms with Gasteiger partial charge in [-0.15, -0.1) is 0 Å². The molecule has 0 radical (unpaired) electrons. The minimum atomic E-state index is 0.620. The van der Waals surface area contributed by atoms with Gasteiger partial charge in [0.1, 0.15) is 0 Å². The minimum absolute atomic E-state index is 0.620. The summed E-state index contributed by atoms with van der Waals surface area (Å²) in [5, 5.41) is 3.49. The highest BCUT2D eigenvalue weighted by molar-refractivity contribution is 4.69. The van der Waals surface area contributed by atoms with Gasteiger partial charge in [-0.3, -0.25) is 4.90 Å². The van der Waals surface area contributed by atoms with Crippen molar-refractivity contribution in [1.29, 1.82) is 0 Å². The van der Waals surface area contributed by atoms with Crippen LogP contribution in [0.15, 0.2) is 0 Å². The van der Waals surface area contributed by atoms with Crippen LogP contribution in [0.4, 0.5) is 0 Å². The number of ether oxygens (including phenoxy) is 1. The molecule has 0 aliphatic carbocycles. The third-order valence-electron chi connectivity index (χ3n) is 2.77. The predicted molar refractivity (Wildman–Crippen MR) is 70.9 cm³/mol. The summed E-state index contributed by atoms with van der Waals surface area (Å²) in [7, 11) is 1.75. The largest absolute Gasteiger partial charge is 0.385 e. The number of rotatable bonds is 10. The summed E-state index contributed by atoms with van der Waals surface area (Å²) in [6.45, 7) is 14.4. The summed E-state index contributed by atoms with van der Waals surface area (Å²) >= 11 is 0. The van der Waals surface area contributed by atoms with Crippen molar-refractivity contribution in [3.63, 3.8) is 0 Å². The molecule has 1 N–H and O–H groups in total. The second-order valence-electron chi connectivity index (χ2n) is 4.88. The lowest BCUT2D eigenvalue weighted by atomic mass is 10.1. The average molecular weight is 230 g/mol. The Morgan fingerprint density at radius 2 is 1.94 bits per heavy atom. The Labute approximate surface area is 102 Å². The van der Waals surface area contributed by atoms with Crippen molar-refractivity contribution in [1.82, 2.24) is 10.2 Å². The van der Waals surface area contributed by atoms with Crippen LogP contribution >= 0.6 is 0 Å². The van der Waals surface area contributed by atoms with E-state index in [4.69, 9.17) is 4.74 Å². The van der Waals surface area contributed by atoms with Crippen LogP contribution < -0.4 is 5.32 Å². The Morgan fingerprint density at radius 3 is 2.44 bits per heavy atom. The Morgan fingerprint density at radius 1 is 1.25 bits per heavy atom. The monoisotopic (exact) mass is 230 g/mol. The molecule has 1 unspecified atom stereocenters. The second-order valence-corrected chi connectivity index (χ2v) is 4.88. The summed E-state index contributed by atoms with van der Waals surface area (Å²) < 4.78 is 5.02. The van der Waals surface area contributed by atoms with Crippen LogP contribution in [0.2, 0.25) is 0 Å². The standard InChI is InChI=1S/C13H30N2O/c1-6-15(11-12(2)3)13(4)10-14-8-7-9-16-5/h12-14H,6-11H2,1-5H3. The van der Waals surface area contributed by atoms with Crippen molar-refractivity contribution in [3.8, 4) is 0 Å². The molecule has 0 aliphatic rings. The topological polar surface area (TPSA) is 24.5 Å². The molecule has 0 saturated carbocycles. The van der Waals surface area contributed by atoms with Gasteiger partial charge in [0, 0.05) is 32.8 Å². The molecular weight excluding hydrogens is 200 g/mol. The summed E-state index contributed by atoms with van der Waals surface area (Å²) in [5.74, 6) is 0.746. The molecule has 0 aromatic carbocycles. The molecule has 0 fully saturated rings. The smallest absolute Gasteiger partial charge is 0.0474 e. The van der Waals surface area contributed by atoms with Crippen LogP contribution in [0, 0.1) is 5.92 Å². The molecule has 16 heavy (non-hydrogen) atoms. The fourth-order valence-corrected chi connectivity index (χ4v) is 1.87. The van der Waals surface area contributed by atoms with E-state index < -0.39 is 0 Å². The van der Waals surface area contributed by atoms with Crippen LogP contribution in [0.1, 0.15) is 34.1 Å². The Balaban J connectivity index is 3.62. The normalized spacial score (nSPS) is 13.7. The number of nitrogens with zero attached hydrogens (tertiary/aromatic N) is 1. The zero-order valence-corrected chi connectivity index (χ0v) is 11.8. The van der Waals surface area contributed by atoms with Crippen LogP contribution in [-0.2, 0) is 4.74 Å². The summed E-state index contributed by atoms with van der Waals surface area (Å²) in [5.41, 5.74) is 0. The molecule has 0 heterocycles. The first kappa shape index (κ1) is 15.9. The van der Waals surface area contributed by atoms with E-state index in [0.717, 1.165) is 38.6 Å². The van der Waals surface area contributed by atoms with Gasteiger partial charge in [0.2, 0.25) is 0 Å². The quantitative estimate of drug-likeness (QED) is 0.581. The molecular formula is C13H30N2O. The van der Waals surface area contributed by atoms with Crippen LogP contribution in [0.3, 0.4) is 0 Å². The lowest BCUT2D eigenvalue weighted by Crippen LogP contribution is -2.42. The molecule has 1 atom stereocenters. The second kappa shape index (κ2) is 10.1. The van der Waals surface area contributed by atoms with Crippen LogP contribution in [0.25, 0.3) is 0 Å². The Bertz CT molecular complexity index is 151. The molecule has 3 heteroatoms.